The van der Waals surface area contributed by atoms with Crippen molar-refractivity contribution in [3.8, 4) is 0 Å². The van der Waals surface area contributed by atoms with E-state index in [1.54, 1.807) is 6.07 Å². The number of aromatic nitrogens is 1. The van der Waals surface area contributed by atoms with E-state index in [1.165, 1.54) is 0 Å². The summed E-state index contributed by atoms with van der Waals surface area (Å²) in [5.74, 6) is 1.34. The van der Waals surface area contributed by atoms with Crippen molar-refractivity contribution in [3.05, 3.63) is 22.8 Å². The molecule has 0 saturated carbocycles. The summed E-state index contributed by atoms with van der Waals surface area (Å²) in [6, 6.07) is 4.10. The number of halogens is 2. The topological polar surface area (TPSA) is 25.4 Å². The molecule has 1 unspecified atom stereocenters. The first-order valence-electron chi connectivity index (χ1n) is 5.27. The van der Waals surface area contributed by atoms with Gasteiger partial charge in [-0.15, -0.1) is 11.6 Å². The van der Waals surface area contributed by atoms with Gasteiger partial charge in [0.05, 0.1) is 19.3 Å². The average Bonchev–Trinajstić information content (AvgIpc) is 2.28. The van der Waals surface area contributed by atoms with E-state index in [1.807, 2.05) is 6.07 Å². The quantitative estimate of drug-likeness (QED) is 0.604. The molecule has 1 fully saturated rings. The molecule has 1 aliphatic heterocycles. The van der Waals surface area contributed by atoms with Crippen molar-refractivity contribution < 1.29 is 4.74 Å². The number of ether oxygens (including phenoxy) is 1. The number of pyridine rings is 1. The standard InChI is InChI=1S/C11H14Cl2N2O/c1-8-7-16-3-2-15(8)11-5-9(6-12)4-10(13)14-11/h4-5,8H,2-3,6-7H2,1H3. The van der Waals surface area contributed by atoms with Gasteiger partial charge < -0.3 is 9.64 Å². The number of hydrogen-bond acceptors (Lipinski definition) is 3. The predicted molar refractivity (Wildman–Crippen MR) is 66.4 cm³/mol. The summed E-state index contributed by atoms with van der Waals surface area (Å²) in [4.78, 5) is 6.53. The fourth-order valence-corrected chi connectivity index (χ4v) is 2.21. The highest BCUT2D eigenvalue weighted by molar-refractivity contribution is 6.29. The first kappa shape index (κ1) is 12.0. The summed E-state index contributed by atoms with van der Waals surface area (Å²) < 4.78 is 5.39. The fraction of sp³-hybridized carbons (Fsp3) is 0.545. The van der Waals surface area contributed by atoms with Gasteiger partial charge in [0.15, 0.2) is 0 Å². The second kappa shape index (κ2) is 5.21. The zero-order chi connectivity index (χ0) is 11.5. The Balaban J connectivity index is 2.27. The third kappa shape index (κ3) is 2.59. The first-order valence-corrected chi connectivity index (χ1v) is 6.19. The van der Waals surface area contributed by atoms with Crippen molar-refractivity contribution >= 4 is 29.0 Å². The van der Waals surface area contributed by atoms with Crippen LogP contribution in [0.2, 0.25) is 5.15 Å². The minimum atomic E-state index is 0.322. The molecule has 0 spiro atoms. The highest BCUT2D eigenvalue weighted by Crippen LogP contribution is 2.22. The van der Waals surface area contributed by atoms with E-state index in [2.05, 4.69) is 16.8 Å². The highest BCUT2D eigenvalue weighted by Gasteiger charge is 2.20. The first-order chi connectivity index (χ1) is 7.70. The molecule has 2 rings (SSSR count). The molecule has 0 bridgehead atoms. The summed E-state index contributed by atoms with van der Waals surface area (Å²) in [6.45, 7) is 4.41. The molecule has 0 N–H and O–H groups in total. The molecule has 0 aliphatic carbocycles. The molecular weight excluding hydrogens is 247 g/mol. The van der Waals surface area contributed by atoms with Gasteiger partial charge in [-0.05, 0) is 24.6 Å². The molecule has 1 aromatic rings. The van der Waals surface area contributed by atoms with Crippen LogP contribution >= 0.6 is 23.2 Å². The molecule has 2 heterocycles. The SMILES string of the molecule is CC1COCCN1c1cc(CCl)cc(Cl)n1. The monoisotopic (exact) mass is 260 g/mol. The van der Waals surface area contributed by atoms with E-state index < -0.39 is 0 Å². The summed E-state index contributed by atoms with van der Waals surface area (Å²) in [6.07, 6.45) is 0. The van der Waals surface area contributed by atoms with Crippen LogP contribution < -0.4 is 4.90 Å². The van der Waals surface area contributed by atoms with Gasteiger partial charge in [-0.1, -0.05) is 11.6 Å². The molecule has 5 heteroatoms. The minimum Gasteiger partial charge on any atom is -0.377 e. The predicted octanol–water partition coefficient (Wildman–Crippen LogP) is 2.70. The molecule has 1 aliphatic rings. The van der Waals surface area contributed by atoms with Crippen LogP contribution in [0.5, 0.6) is 0 Å². The summed E-state index contributed by atoms with van der Waals surface area (Å²) in [5, 5.41) is 0.492. The second-order valence-corrected chi connectivity index (χ2v) is 4.56. The summed E-state index contributed by atoms with van der Waals surface area (Å²) in [7, 11) is 0. The Morgan fingerprint density at radius 3 is 3.06 bits per heavy atom. The normalized spacial score (nSPS) is 21.2. The molecule has 0 amide bonds. The van der Waals surface area contributed by atoms with Gasteiger partial charge >= 0.3 is 0 Å². The Hall–Kier alpha value is -0.510. The molecule has 1 aromatic heterocycles. The van der Waals surface area contributed by atoms with Crippen LogP contribution in [0.15, 0.2) is 12.1 Å². The molecular formula is C11H14Cl2N2O. The van der Waals surface area contributed by atoms with Crippen molar-refractivity contribution in [1.29, 1.82) is 0 Å². The zero-order valence-corrected chi connectivity index (χ0v) is 10.6. The van der Waals surface area contributed by atoms with Crippen LogP contribution in [-0.2, 0) is 10.6 Å². The third-order valence-corrected chi connectivity index (χ3v) is 3.16. The molecule has 88 valence electrons. The van der Waals surface area contributed by atoms with E-state index in [9.17, 15) is 0 Å². The second-order valence-electron chi connectivity index (χ2n) is 3.91. The minimum absolute atomic E-state index is 0.322. The van der Waals surface area contributed by atoms with Crippen LogP contribution in [0.3, 0.4) is 0 Å². The summed E-state index contributed by atoms with van der Waals surface area (Å²) >= 11 is 11.8. The van der Waals surface area contributed by atoms with E-state index in [4.69, 9.17) is 27.9 Å². The Morgan fingerprint density at radius 1 is 1.56 bits per heavy atom. The number of anilines is 1. The zero-order valence-electron chi connectivity index (χ0n) is 9.12. The smallest absolute Gasteiger partial charge is 0.131 e. The lowest BCUT2D eigenvalue weighted by atomic mass is 10.2. The lowest BCUT2D eigenvalue weighted by Crippen LogP contribution is -2.44. The largest absolute Gasteiger partial charge is 0.377 e. The van der Waals surface area contributed by atoms with Gasteiger partial charge in [-0.25, -0.2) is 4.98 Å². The van der Waals surface area contributed by atoms with E-state index in [0.717, 1.165) is 31.1 Å². The van der Waals surface area contributed by atoms with Crippen molar-refractivity contribution in [3.63, 3.8) is 0 Å². The van der Waals surface area contributed by atoms with Crippen LogP contribution in [0.4, 0.5) is 5.82 Å². The summed E-state index contributed by atoms with van der Waals surface area (Å²) in [5.41, 5.74) is 0.996. The number of hydrogen-bond donors (Lipinski definition) is 0. The Bertz CT molecular complexity index is 373. The van der Waals surface area contributed by atoms with E-state index in [0.29, 0.717) is 17.1 Å². The number of morpholine rings is 1. The molecule has 3 nitrogen and oxygen atoms in total. The van der Waals surface area contributed by atoms with E-state index in [-0.39, 0.29) is 0 Å². The lowest BCUT2D eigenvalue weighted by molar-refractivity contribution is 0.0985. The third-order valence-electron chi connectivity index (χ3n) is 2.66. The molecule has 1 saturated heterocycles. The van der Waals surface area contributed by atoms with Gasteiger partial charge in [-0.3, -0.25) is 0 Å². The maximum absolute atomic E-state index is 5.97. The van der Waals surface area contributed by atoms with E-state index >= 15 is 0 Å². The average molecular weight is 261 g/mol. The number of nitrogens with zero attached hydrogens (tertiary/aromatic N) is 2. The number of rotatable bonds is 2. The Morgan fingerprint density at radius 2 is 2.38 bits per heavy atom. The molecule has 1 atom stereocenters. The van der Waals surface area contributed by atoms with Crippen LogP contribution in [0.25, 0.3) is 0 Å². The molecule has 0 aromatic carbocycles. The molecule has 16 heavy (non-hydrogen) atoms. The maximum atomic E-state index is 5.97. The van der Waals surface area contributed by atoms with Crippen LogP contribution in [-0.4, -0.2) is 30.8 Å². The lowest BCUT2D eigenvalue weighted by Gasteiger charge is -2.34. The Labute approximate surface area is 105 Å². The van der Waals surface area contributed by atoms with Crippen molar-refractivity contribution in [2.75, 3.05) is 24.7 Å². The molecule has 0 radical (unpaired) electrons. The maximum Gasteiger partial charge on any atom is 0.131 e. The fourth-order valence-electron chi connectivity index (χ4n) is 1.83. The van der Waals surface area contributed by atoms with Gasteiger partial charge in [-0.2, -0.15) is 0 Å². The van der Waals surface area contributed by atoms with Crippen molar-refractivity contribution in [1.82, 2.24) is 4.98 Å². The van der Waals surface area contributed by atoms with Crippen LogP contribution in [0.1, 0.15) is 12.5 Å². The van der Waals surface area contributed by atoms with Gasteiger partial charge in [0.25, 0.3) is 0 Å². The number of alkyl halides is 1. The van der Waals surface area contributed by atoms with Crippen molar-refractivity contribution in [2.24, 2.45) is 0 Å². The highest BCUT2D eigenvalue weighted by atomic mass is 35.5. The van der Waals surface area contributed by atoms with Gasteiger partial charge in [0.1, 0.15) is 11.0 Å². The van der Waals surface area contributed by atoms with Crippen LogP contribution in [0, 0.1) is 0 Å². The Kier molecular flexibility index (Phi) is 3.90. The van der Waals surface area contributed by atoms with Crippen molar-refractivity contribution in [2.45, 2.75) is 18.8 Å². The van der Waals surface area contributed by atoms with Gasteiger partial charge in [0.2, 0.25) is 0 Å². The van der Waals surface area contributed by atoms with Gasteiger partial charge in [0, 0.05) is 12.4 Å².